The summed E-state index contributed by atoms with van der Waals surface area (Å²) in [5, 5.41) is 26.6. The molecule has 1 atom stereocenters. The number of carbonyl (C=O) groups excluding carboxylic acids is 1. The number of esters is 1. The lowest BCUT2D eigenvalue weighted by molar-refractivity contribution is 0.0526. The molecule has 0 saturated heterocycles. The van der Waals surface area contributed by atoms with Crippen molar-refractivity contribution >= 4 is 27.7 Å². The van der Waals surface area contributed by atoms with Crippen LogP contribution in [0.15, 0.2) is 77.3 Å². The molecule has 2 heterocycles. The normalized spacial score (nSPS) is 12.2. The SMILES string of the molecule is CCOC(=O)c1c(C)oc2c1c(C(NCCO)c1ccnc(CCc3ccccc3)c1)c(O)c1ccccc12. The fraction of sp³-hybridized carbons (Fsp3) is 0.250. The molecule has 0 aliphatic carbocycles. The van der Waals surface area contributed by atoms with E-state index in [1.54, 1.807) is 20.0 Å². The van der Waals surface area contributed by atoms with E-state index in [4.69, 9.17) is 9.15 Å². The van der Waals surface area contributed by atoms with E-state index in [9.17, 15) is 15.0 Å². The van der Waals surface area contributed by atoms with Gasteiger partial charge in [-0.1, -0.05) is 54.6 Å². The van der Waals surface area contributed by atoms with Crippen LogP contribution in [0.4, 0.5) is 0 Å². The predicted octanol–water partition coefficient (Wildman–Crippen LogP) is 5.63. The third-order valence-electron chi connectivity index (χ3n) is 6.95. The number of fused-ring (bicyclic) bond motifs is 3. The second-order valence-corrected chi connectivity index (χ2v) is 9.44. The van der Waals surface area contributed by atoms with Gasteiger partial charge in [0.2, 0.25) is 0 Å². The fourth-order valence-electron chi connectivity index (χ4n) is 5.20. The molecule has 0 saturated carbocycles. The number of rotatable bonds is 10. The number of hydrogen-bond acceptors (Lipinski definition) is 7. The van der Waals surface area contributed by atoms with E-state index >= 15 is 0 Å². The van der Waals surface area contributed by atoms with Crippen molar-refractivity contribution in [2.75, 3.05) is 19.8 Å². The Labute approximate surface area is 227 Å². The number of benzene rings is 3. The summed E-state index contributed by atoms with van der Waals surface area (Å²) in [5.74, 6) is -0.0500. The van der Waals surface area contributed by atoms with Gasteiger partial charge in [0.1, 0.15) is 22.7 Å². The van der Waals surface area contributed by atoms with Crippen LogP contribution in [0.3, 0.4) is 0 Å². The van der Waals surface area contributed by atoms with Gasteiger partial charge < -0.3 is 24.7 Å². The lowest BCUT2D eigenvalue weighted by Crippen LogP contribution is -2.26. The topological polar surface area (TPSA) is 105 Å². The van der Waals surface area contributed by atoms with Crippen LogP contribution >= 0.6 is 0 Å². The molecule has 1 unspecified atom stereocenters. The van der Waals surface area contributed by atoms with Gasteiger partial charge in [-0.15, -0.1) is 0 Å². The molecule has 0 aliphatic rings. The largest absolute Gasteiger partial charge is 0.507 e. The predicted molar refractivity (Wildman–Crippen MR) is 151 cm³/mol. The molecular formula is C32H32N2O5. The van der Waals surface area contributed by atoms with Gasteiger partial charge in [0, 0.05) is 40.2 Å². The van der Waals surface area contributed by atoms with Crippen molar-refractivity contribution in [2.24, 2.45) is 0 Å². The quantitative estimate of drug-likeness (QED) is 0.203. The van der Waals surface area contributed by atoms with Crippen molar-refractivity contribution in [1.82, 2.24) is 10.3 Å². The molecular weight excluding hydrogens is 492 g/mol. The highest BCUT2D eigenvalue weighted by Gasteiger charge is 2.31. The van der Waals surface area contributed by atoms with E-state index in [1.165, 1.54) is 5.56 Å². The number of phenols is 1. The van der Waals surface area contributed by atoms with Gasteiger partial charge in [-0.2, -0.15) is 0 Å². The molecule has 39 heavy (non-hydrogen) atoms. The number of aliphatic hydroxyl groups excluding tert-OH is 1. The van der Waals surface area contributed by atoms with Gasteiger partial charge >= 0.3 is 5.97 Å². The van der Waals surface area contributed by atoms with Crippen LogP contribution in [0, 0.1) is 6.92 Å². The molecule has 5 aromatic rings. The summed E-state index contributed by atoms with van der Waals surface area (Å²) < 4.78 is 11.6. The Balaban J connectivity index is 1.70. The van der Waals surface area contributed by atoms with Gasteiger partial charge in [-0.05, 0) is 49.9 Å². The van der Waals surface area contributed by atoms with Gasteiger partial charge in [0.05, 0.1) is 19.3 Å². The lowest BCUT2D eigenvalue weighted by atomic mass is 9.89. The molecule has 0 spiro atoms. The Morgan fingerprint density at radius 1 is 1.05 bits per heavy atom. The van der Waals surface area contributed by atoms with Gasteiger partial charge in [0.15, 0.2) is 0 Å². The van der Waals surface area contributed by atoms with E-state index in [2.05, 4.69) is 22.4 Å². The Hall–Kier alpha value is -4.20. The van der Waals surface area contributed by atoms with Crippen molar-refractivity contribution in [3.05, 3.63) is 107 Å². The highest BCUT2D eigenvalue weighted by molar-refractivity contribution is 6.16. The summed E-state index contributed by atoms with van der Waals surface area (Å²) in [6.07, 6.45) is 3.33. The first-order valence-corrected chi connectivity index (χ1v) is 13.2. The molecule has 3 N–H and O–H groups in total. The summed E-state index contributed by atoms with van der Waals surface area (Å²) in [7, 11) is 0. The molecule has 0 amide bonds. The minimum absolute atomic E-state index is 0.0440. The zero-order valence-corrected chi connectivity index (χ0v) is 22.1. The number of hydrogen-bond donors (Lipinski definition) is 3. The second kappa shape index (κ2) is 11.7. The molecule has 2 aromatic heterocycles. The van der Waals surface area contributed by atoms with Crippen molar-refractivity contribution in [3.8, 4) is 5.75 Å². The molecule has 3 aromatic carbocycles. The highest BCUT2D eigenvalue weighted by atomic mass is 16.5. The third-order valence-corrected chi connectivity index (χ3v) is 6.95. The molecule has 7 heteroatoms. The number of ether oxygens (including phenoxy) is 1. The average Bonchev–Trinajstić information content (AvgIpc) is 3.31. The van der Waals surface area contributed by atoms with Crippen molar-refractivity contribution in [2.45, 2.75) is 32.7 Å². The van der Waals surface area contributed by atoms with Crippen LogP contribution in [0.1, 0.15) is 51.5 Å². The first-order valence-electron chi connectivity index (χ1n) is 13.2. The standard InChI is InChI=1S/C32H32N2O5/c1-3-38-32(37)26-20(2)39-31-25-12-8-7-11-24(25)30(36)28(27(26)31)29(34-17-18-35)22-15-16-33-23(19-22)14-13-21-9-5-4-6-10-21/h4-12,15-16,19,29,34-36H,3,13-14,17-18H2,1-2H3. The maximum atomic E-state index is 13.2. The smallest absolute Gasteiger partial charge is 0.342 e. The zero-order chi connectivity index (χ0) is 27.4. The number of nitrogens with zero attached hydrogens (tertiary/aromatic N) is 1. The van der Waals surface area contributed by atoms with Crippen LogP contribution in [0.5, 0.6) is 5.75 Å². The summed E-state index contributed by atoms with van der Waals surface area (Å²) in [4.78, 5) is 17.7. The Morgan fingerprint density at radius 3 is 2.54 bits per heavy atom. The average molecular weight is 525 g/mol. The first kappa shape index (κ1) is 26.4. The van der Waals surface area contributed by atoms with Crippen LogP contribution in [0.25, 0.3) is 21.7 Å². The van der Waals surface area contributed by atoms with E-state index in [0.717, 1.165) is 24.1 Å². The highest BCUT2D eigenvalue weighted by Crippen LogP contribution is 2.45. The minimum Gasteiger partial charge on any atom is -0.507 e. The number of aromatic hydroxyl groups is 1. The zero-order valence-electron chi connectivity index (χ0n) is 22.1. The van der Waals surface area contributed by atoms with E-state index < -0.39 is 12.0 Å². The Kier molecular flexibility index (Phi) is 7.91. The maximum absolute atomic E-state index is 13.2. The molecule has 0 fully saturated rings. The number of phenolic OH excluding ortho intramolecular Hbond substituents is 1. The van der Waals surface area contributed by atoms with E-state index in [1.807, 2.05) is 54.6 Å². The van der Waals surface area contributed by atoms with Crippen LogP contribution in [-0.2, 0) is 17.6 Å². The summed E-state index contributed by atoms with van der Waals surface area (Å²) in [5.41, 5.74) is 4.27. The van der Waals surface area contributed by atoms with Crippen molar-refractivity contribution in [1.29, 1.82) is 0 Å². The van der Waals surface area contributed by atoms with Crippen LogP contribution in [0.2, 0.25) is 0 Å². The maximum Gasteiger partial charge on any atom is 0.342 e. The molecule has 0 aliphatic heterocycles. The number of carbonyl (C=O) groups is 1. The Bertz CT molecular complexity index is 1610. The molecule has 200 valence electrons. The summed E-state index contributed by atoms with van der Waals surface area (Å²) in [6.45, 7) is 3.86. The van der Waals surface area contributed by atoms with E-state index in [0.29, 0.717) is 33.1 Å². The van der Waals surface area contributed by atoms with E-state index in [-0.39, 0.29) is 31.1 Å². The minimum atomic E-state index is -0.562. The van der Waals surface area contributed by atoms with Crippen molar-refractivity contribution in [3.63, 3.8) is 0 Å². The van der Waals surface area contributed by atoms with Gasteiger partial charge in [-0.3, -0.25) is 4.98 Å². The number of aromatic nitrogens is 1. The number of pyridine rings is 1. The lowest BCUT2D eigenvalue weighted by Gasteiger charge is -2.23. The molecule has 0 radical (unpaired) electrons. The monoisotopic (exact) mass is 524 g/mol. The summed E-state index contributed by atoms with van der Waals surface area (Å²) >= 11 is 0. The molecule has 0 bridgehead atoms. The first-order chi connectivity index (χ1) is 19.0. The summed E-state index contributed by atoms with van der Waals surface area (Å²) in [6, 6.07) is 21.0. The number of aryl methyl sites for hydroxylation is 3. The van der Waals surface area contributed by atoms with Gasteiger partial charge in [-0.25, -0.2) is 4.79 Å². The number of nitrogens with one attached hydrogen (secondary N) is 1. The Morgan fingerprint density at radius 2 is 1.79 bits per heavy atom. The fourth-order valence-corrected chi connectivity index (χ4v) is 5.20. The third kappa shape index (κ3) is 5.24. The second-order valence-electron chi connectivity index (χ2n) is 9.44. The number of furan rings is 1. The molecule has 7 nitrogen and oxygen atoms in total. The van der Waals surface area contributed by atoms with Crippen LogP contribution in [-0.4, -0.2) is 40.9 Å². The van der Waals surface area contributed by atoms with Crippen molar-refractivity contribution < 1.29 is 24.2 Å². The van der Waals surface area contributed by atoms with Gasteiger partial charge in [0.25, 0.3) is 0 Å². The molecule has 5 rings (SSSR count). The number of aliphatic hydroxyl groups is 1. The van der Waals surface area contributed by atoms with Crippen LogP contribution < -0.4 is 5.32 Å².